The van der Waals surface area contributed by atoms with Gasteiger partial charge in [0, 0.05) is 17.8 Å². The van der Waals surface area contributed by atoms with Crippen molar-refractivity contribution >= 4 is 48.9 Å². The molecule has 0 radical (unpaired) electrons. The van der Waals surface area contributed by atoms with Crippen LogP contribution in [0.5, 0.6) is 0 Å². The first-order chi connectivity index (χ1) is 16.1. The number of benzene rings is 3. The van der Waals surface area contributed by atoms with Crippen molar-refractivity contribution in [3.8, 4) is 0 Å². The van der Waals surface area contributed by atoms with Gasteiger partial charge in [-0.1, -0.05) is 29.5 Å². The van der Waals surface area contributed by atoms with E-state index in [2.05, 4.69) is 10.0 Å². The van der Waals surface area contributed by atoms with Crippen LogP contribution in [-0.4, -0.2) is 18.9 Å². The van der Waals surface area contributed by atoms with Crippen molar-refractivity contribution < 1.29 is 13.2 Å². The zero-order valence-electron chi connectivity index (χ0n) is 19.3. The molecule has 1 amide bonds. The Balaban J connectivity index is 1.62. The molecule has 0 fully saturated rings. The lowest BCUT2D eigenvalue weighted by atomic mass is 10.1. The van der Waals surface area contributed by atoms with Crippen LogP contribution in [-0.2, 0) is 16.6 Å². The Morgan fingerprint density at radius 2 is 1.71 bits per heavy atom. The predicted octanol–water partition coefficient (Wildman–Crippen LogP) is 5.06. The Kier molecular flexibility index (Phi) is 6.33. The van der Waals surface area contributed by atoms with Gasteiger partial charge < -0.3 is 5.32 Å². The Morgan fingerprint density at radius 1 is 0.971 bits per heavy atom. The second kappa shape index (κ2) is 9.08. The molecule has 0 spiro atoms. The maximum Gasteiger partial charge on any atom is 0.308 e. The van der Waals surface area contributed by atoms with Crippen molar-refractivity contribution in [3.05, 3.63) is 86.5 Å². The summed E-state index contributed by atoms with van der Waals surface area (Å²) < 4.78 is 31.4. The van der Waals surface area contributed by atoms with Gasteiger partial charge in [-0.2, -0.15) is 0 Å². The minimum Gasteiger partial charge on any atom is -0.322 e. The van der Waals surface area contributed by atoms with E-state index in [9.17, 15) is 18.0 Å². The fourth-order valence-corrected chi connectivity index (χ4v) is 6.11. The number of anilines is 2. The van der Waals surface area contributed by atoms with Gasteiger partial charge in [-0.15, -0.1) is 0 Å². The van der Waals surface area contributed by atoms with Crippen molar-refractivity contribution in [3.63, 3.8) is 0 Å². The molecule has 7 nitrogen and oxygen atoms in total. The number of rotatable bonds is 6. The minimum atomic E-state index is -3.91. The van der Waals surface area contributed by atoms with Gasteiger partial charge in [-0.3, -0.25) is 18.9 Å². The van der Waals surface area contributed by atoms with Gasteiger partial charge in [0.25, 0.3) is 15.9 Å². The summed E-state index contributed by atoms with van der Waals surface area (Å²) in [5.74, 6) is -0.440. The van der Waals surface area contributed by atoms with Crippen LogP contribution < -0.4 is 14.9 Å². The molecule has 0 unspecified atom stereocenters. The molecule has 0 bridgehead atoms. The fourth-order valence-electron chi connectivity index (χ4n) is 3.72. The third-order valence-corrected chi connectivity index (χ3v) is 8.07. The first-order valence-corrected chi connectivity index (χ1v) is 13.0. The van der Waals surface area contributed by atoms with Gasteiger partial charge in [-0.05, 0) is 80.8 Å². The lowest BCUT2D eigenvalue weighted by Crippen LogP contribution is -2.17. The van der Waals surface area contributed by atoms with E-state index in [0.29, 0.717) is 23.5 Å². The lowest BCUT2D eigenvalue weighted by molar-refractivity contribution is 0.102. The van der Waals surface area contributed by atoms with Gasteiger partial charge >= 0.3 is 4.87 Å². The molecule has 1 aromatic heterocycles. The SMILES string of the molecule is CCn1c(=O)sc2cc(NC(=O)c3ccc(C)c(S(=O)(=O)Nc4cc(C)ccc4C)c3)ccc21. The third-order valence-electron chi connectivity index (χ3n) is 5.62. The maximum absolute atomic E-state index is 13.2. The normalized spacial score (nSPS) is 11.5. The highest BCUT2D eigenvalue weighted by molar-refractivity contribution is 7.92. The molecule has 2 N–H and O–H groups in total. The molecular formula is C25H25N3O4S2. The summed E-state index contributed by atoms with van der Waals surface area (Å²) >= 11 is 1.12. The monoisotopic (exact) mass is 495 g/mol. The molecule has 4 rings (SSSR count). The molecule has 0 aliphatic rings. The number of nitrogens with zero attached hydrogens (tertiary/aromatic N) is 1. The lowest BCUT2D eigenvalue weighted by Gasteiger charge is -2.14. The highest BCUT2D eigenvalue weighted by atomic mass is 32.2. The molecule has 0 saturated heterocycles. The Hall–Kier alpha value is -3.43. The highest BCUT2D eigenvalue weighted by Crippen LogP contribution is 2.25. The summed E-state index contributed by atoms with van der Waals surface area (Å²) in [4.78, 5) is 25.0. The molecule has 4 aromatic rings. The number of thiazole rings is 1. The number of carbonyl (C=O) groups excluding carboxylic acids is 1. The first kappa shape index (κ1) is 23.7. The Bertz CT molecular complexity index is 1580. The van der Waals surface area contributed by atoms with E-state index in [1.165, 1.54) is 6.07 Å². The number of sulfonamides is 1. The van der Waals surface area contributed by atoms with E-state index >= 15 is 0 Å². The molecular weight excluding hydrogens is 470 g/mol. The molecule has 0 aliphatic heterocycles. The molecule has 34 heavy (non-hydrogen) atoms. The number of amides is 1. The highest BCUT2D eigenvalue weighted by Gasteiger charge is 2.20. The average Bonchev–Trinajstić information content (AvgIpc) is 3.10. The molecule has 0 saturated carbocycles. The zero-order chi connectivity index (χ0) is 24.6. The molecule has 0 atom stereocenters. The number of hydrogen-bond acceptors (Lipinski definition) is 5. The average molecular weight is 496 g/mol. The Morgan fingerprint density at radius 3 is 2.44 bits per heavy atom. The summed E-state index contributed by atoms with van der Waals surface area (Å²) in [6.45, 7) is 7.88. The van der Waals surface area contributed by atoms with Gasteiger partial charge in [0.1, 0.15) is 0 Å². The first-order valence-electron chi connectivity index (χ1n) is 10.7. The molecule has 3 aromatic carbocycles. The van der Waals surface area contributed by atoms with Crippen LogP contribution in [0.15, 0.2) is 64.3 Å². The number of fused-ring (bicyclic) bond motifs is 1. The van der Waals surface area contributed by atoms with E-state index in [1.54, 1.807) is 47.9 Å². The van der Waals surface area contributed by atoms with Crippen molar-refractivity contribution in [2.45, 2.75) is 39.1 Å². The van der Waals surface area contributed by atoms with Crippen LogP contribution in [0.4, 0.5) is 11.4 Å². The quantitative estimate of drug-likeness (QED) is 0.391. The van der Waals surface area contributed by atoms with Gasteiger partial charge in [0.15, 0.2) is 0 Å². The van der Waals surface area contributed by atoms with Crippen LogP contribution in [0.3, 0.4) is 0 Å². The smallest absolute Gasteiger partial charge is 0.308 e. The number of nitrogens with one attached hydrogen (secondary N) is 2. The minimum absolute atomic E-state index is 0.0368. The van der Waals surface area contributed by atoms with Gasteiger partial charge in [0.05, 0.1) is 20.8 Å². The van der Waals surface area contributed by atoms with E-state index in [1.807, 2.05) is 32.9 Å². The molecule has 9 heteroatoms. The largest absolute Gasteiger partial charge is 0.322 e. The summed E-state index contributed by atoms with van der Waals surface area (Å²) in [6, 6.07) is 15.4. The van der Waals surface area contributed by atoms with Crippen LogP contribution in [0, 0.1) is 20.8 Å². The van der Waals surface area contributed by atoms with E-state index in [0.717, 1.165) is 32.7 Å². The van der Waals surface area contributed by atoms with Crippen molar-refractivity contribution in [2.75, 3.05) is 10.0 Å². The second-order valence-corrected chi connectivity index (χ2v) is 10.8. The summed E-state index contributed by atoms with van der Waals surface area (Å²) in [6.07, 6.45) is 0. The third kappa shape index (κ3) is 4.62. The summed E-state index contributed by atoms with van der Waals surface area (Å²) in [5, 5.41) is 2.80. The van der Waals surface area contributed by atoms with Crippen molar-refractivity contribution in [1.29, 1.82) is 0 Å². The summed E-state index contributed by atoms with van der Waals surface area (Å²) in [7, 11) is -3.91. The van der Waals surface area contributed by atoms with Crippen LogP contribution in [0.1, 0.15) is 34.0 Å². The van der Waals surface area contributed by atoms with E-state index in [-0.39, 0.29) is 15.3 Å². The Labute approximate surface area is 202 Å². The molecule has 176 valence electrons. The number of aromatic nitrogens is 1. The molecule has 0 aliphatic carbocycles. The number of aryl methyl sites for hydroxylation is 4. The van der Waals surface area contributed by atoms with Gasteiger partial charge in [-0.25, -0.2) is 8.42 Å². The van der Waals surface area contributed by atoms with Crippen molar-refractivity contribution in [1.82, 2.24) is 4.57 Å². The second-order valence-electron chi connectivity index (χ2n) is 8.15. The standard InChI is InChI=1S/C25H25N3O4S2/c1-5-28-21-11-10-19(14-22(21)33-25(28)30)26-24(29)18-9-8-17(4)23(13-18)34(31,32)27-20-12-15(2)6-7-16(20)3/h6-14,27H,5H2,1-4H3,(H,26,29). The number of carbonyl (C=O) groups is 1. The van der Waals surface area contributed by atoms with Crippen molar-refractivity contribution in [2.24, 2.45) is 0 Å². The molecule has 1 heterocycles. The fraction of sp³-hybridized carbons (Fsp3) is 0.200. The van der Waals surface area contributed by atoms with Crippen LogP contribution in [0.25, 0.3) is 10.2 Å². The topological polar surface area (TPSA) is 97.3 Å². The predicted molar refractivity (Wildman–Crippen MR) is 138 cm³/mol. The van der Waals surface area contributed by atoms with E-state index < -0.39 is 15.9 Å². The summed E-state index contributed by atoms with van der Waals surface area (Å²) in [5.41, 5.74) is 4.32. The van der Waals surface area contributed by atoms with Gasteiger partial charge in [0.2, 0.25) is 0 Å². The van der Waals surface area contributed by atoms with E-state index in [4.69, 9.17) is 0 Å². The maximum atomic E-state index is 13.2. The van der Waals surface area contributed by atoms with Crippen LogP contribution >= 0.6 is 11.3 Å². The number of hydrogen-bond donors (Lipinski definition) is 2. The zero-order valence-corrected chi connectivity index (χ0v) is 20.9. The van der Waals surface area contributed by atoms with Crippen LogP contribution in [0.2, 0.25) is 0 Å².